The van der Waals surface area contributed by atoms with Crippen LogP contribution in [0.4, 0.5) is 0 Å². The largest absolute Gasteiger partial charge is 0.460 e. The van der Waals surface area contributed by atoms with Crippen molar-refractivity contribution in [3.63, 3.8) is 0 Å². The highest BCUT2D eigenvalue weighted by atomic mass is 16.6. The minimum Gasteiger partial charge on any atom is -0.460 e. The van der Waals surface area contributed by atoms with Crippen molar-refractivity contribution in [3.05, 3.63) is 0 Å². The zero-order valence-corrected chi connectivity index (χ0v) is 11.1. The molecule has 15 heavy (non-hydrogen) atoms. The average Bonchev–Trinajstić information content (AvgIpc) is 2.10. The molecule has 0 amide bonds. The molecule has 2 atom stereocenters. The SMILES string of the molecule is CCC(C)CCC(C)C(=O)OC(C)(C)C. The van der Waals surface area contributed by atoms with Gasteiger partial charge in [-0.15, -0.1) is 0 Å². The highest BCUT2D eigenvalue weighted by Gasteiger charge is 2.21. The second kappa shape index (κ2) is 6.14. The van der Waals surface area contributed by atoms with Crippen LogP contribution in [0.3, 0.4) is 0 Å². The van der Waals surface area contributed by atoms with Crippen LogP contribution in [0, 0.1) is 11.8 Å². The lowest BCUT2D eigenvalue weighted by atomic mass is 9.96. The molecule has 0 aromatic carbocycles. The molecule has 0 aromatic heterocycles. The van der Waals surface area contributed by atoms with Crippen molar-refractivity contribution in [1.29, 1.82) is 0 Å². The standard InChI is InChI=1S/C13H26O2/c1-7-10(2)8-9-11(3)12(14)15-13(4,5)6/h10-11H,7-9H2,1-6H3. The zero-order chi connectivity index (χ0) is 12.1. The van der Waals surface area contributed by atoms with E-state index in [-0.39, 0.29) is 17.5 Å². The summed E-state index contributed by atoms with van der Waals surface area (Å²) < 4.78 is 5.33. The van der Waals surface area contributed by atoms with Crippen molar-refractivity contribution in [1.82, 2.24) is 0 Å². The maximum atomic E-state index is 11.6. The van der Waals surface area contributed by atoms with E-state index in [1.807, 2.05) is 27.7 Å². The molecule has 2 unspecified atom stereocenters. The normalized spacial score (nSPS) is 15.9. The van der Waals surface area contributed by atoms with Gasteiger partial charge in [0.05, 0.1) is 5.92 Å². The minimum absolute atomic E-state index is 0.0261. The van der Waals surface area contributed by atoms with Crippen LogP contribution in [0.2, 0.25) is 0 Å². The smallest absolute Gasteiger partial charge is 0.309 e. The number of hydrogen-bond acceptors (Lipinski definition) is 2. The molecular formula is C13H26O2. The summed E-state index contributed by atoms with van der Waals surface area (Å²) in [5.74, 6) is 0.666. The van der Waals surface area contributed by atoms with E-state index in [1.165, 1.54) is 6.42 Å². The first-order chi connectivity index (χ1) is 6.76. The quantitative estimate of drug-likeness (QED) is 0.651. The van der Waals surface area contributed by atoms with Crippen LogP contribution in [0.1, 0.15) is 60.8 Å². The van der Waals surface area contributed by atoms with E-state index in [2.05, 4.69) is 13.8 Å². The molecule has 0 aliphatic rings. The van der Waals surface area contributed by atoms with Gasteiger partial charge in [0.25, 0.3) is 0 Å². The number of ether oxygens (including phenoxy) is 1. The van der Waals surface area contributed by atoms with E-state index in [4.69, 9.17) is 4.74 Å². The highest BCUT2D eigenvalue weighted by Crippen LogP contribution is 2.18. The lowest BCUT2D eigenvalue weighted by Crippen LogP contribution is -2.27. The Morgan fingerprint density at radius 3 is 2.13 bits per heavy atom. The Morgan fingerprint density at radius 2 is 1.73 bits per heavy atom. The first kappa shape index (κ1) is 14.5. The molecule has 0 rings (SSSR count). The van der Waals surface area contributed by atoms with Gasteiger partial charge in [-0.3, -0.25) is 4.79 Å². The minimum atomic E-state index is -0.359. The van der Waals surface area contributed by atoms with Crippen LogP contribution < -0.4 is 0 Å². The van der Waals surface area contributed by atoms with Gasteiger partial charge in [-0.1, -0.05) is 27.2 Å². The molecule has 0 saturated carbocycles. The predicted octanol–water partition coefficient (Wildman–Crippen LogP) is 3.79. The fourth-order valence-corrected chi connectivity index (χ4v) is 1.26. The van der Waals surface area contributed by atoms with E-state index in [0.29, 0.717) is 5.92 Å². The number of esters is 1. The van der Waals surface area contributed by atoms with Crippen LogP contribution in [-0.4, -0.2) is 11.6 Å². The van der Waals surface area contributed by atoms with Gasteiger partial charge in [0.1, 0.15) is 5.60 Å². The van der Waals surface area contributed by atoms with Crippen LogP contribution in [0.15, 0.2) is 0 Å². The number of hydrogen-bond donors (Lipinski definition) is 0. The molecule has 90 valence electrons. The Balaban J connectivity index is 3.90. The first-order valence-electron chi connectivity index (χ1n) is 5.99. The number of carbonyl (C=O) groups excluding carboxylic acids is 1. The zero-order valence-electron chi connectivity index (χ0n) is 11.1. The van der Waals surface area contributed by atoms with Crippen molar-refractivity contribution in [2.45, 2.75) is 66.4 Å². The Labute approximate surface area is 94.4 Å². The fourth-order valence-electron chi connectivity index (χ4n) is 1.26. The Bertz CT molecular complexity index is 191. The van der Waals surface area contributed by atoms with Gasteiger partial charge in [0, 0.05) is 0 Å². The Hall–Kier alpha value is -0.530. The van der Waals surface area contributed by atoms with Crippen molar-refractivity contribution < 1.29 is 9.53 Å². The molecule has 0 fully saturated rings. The van der Waals surface area contributed by atoms with Gasteiger partial charge >= 0.3 is 5.97 Å². The summed E-state index contributed by atoms with van der Waals surface area (Å²) in [7, 11) is 0. The number of carbonyl (C=O) groups is 1. The Kier molecular flexibility index (Phi) is 5.92. The van der Waals surface area contributed by atoms with E-state index in [9.17, 15) is 4.79 Å². The maximum Gasteiger partial charge on any atom is 0.309 e. The summed E-state index contributed by atoms with van der Waals surface area (Å²) in [5.41, 5.74) is -0.359. The van der Waals surface area contributed by atoms with Crippen molar-refractivity contribution in [3.8, 4) is 0 Å². The van der Waals surface area contributed by atoms with Crippen molar-refractivity contribution >= 4 is 5.97 Å². The second-order valence-corrected chi connectivity index (χ2v) is 5.53. The van der Waals surface area contributed by atoms with Gasteiger partial charge in [0.15, 0.2) is 0 Å². The third-order valence-electron chi connectivity index (χ3n) is 2.60. The average molecular weight is 214 g/mol. The first-order valence-corrected chi connectivity index (χ1v) is 5.99. The third kappa shape index (κ3) is 7.40. The predicted molar refractivity (Wildman–Crippen MR) is 63.7 cm³/mol. The van der Waals surface area contributed by atoms with Crippen LogP contribution in [-0.2, 0) is 9.53 Å². The summed E-state index contributed by atoms with van der Waals surface area (Å²) in [6.45, 7) is 12.1. The van der Waals surface area contributed by atoms with Gasteiger partial charge in [-0.25, -0.2) is 0 Å². The lowest BCUT2D eigenvalue weighted by molar-refractivity contribution is -0.159. The molecule has 0 radical (unpaired) electrons. The highest BCUT2D eigenvalue weighted by molar-refractivity contribution is 5.72. The second-order valence-electron chi connectivity index (χ2n) is 5.53. The van der Waals surface area contributed by atoms with Crippen molar-refractivity contribution in [2.24, 2.45) is 11.8 Å². The van der Waals surface area contributed by atoms with Crippen molar-refractivity contribution in [2.75, 3.05) is 0 Å². The molecule has 0 aliphatic heterocycles. The molecular weight excluding hydrogens is 188 g/mol. The summed E-state index contributed by atoms with van der Waals surface area (Å²) in [6, 6.07) is 0. The lowest BCUT2D eigenvalue weighted by Gasteiger charge is -2.22. The Morgan fingerprint density at radius 1 is 1.20 bits per heavy atom. The monoisotopic (exact) mass is 214 g/mol. The summed E-state index contributed by atoms with van der Waals surface area (Å²) in [4.78, 5) is 11.6. The van der Waals surface area contributed by atoms with E-state index in [0.717, 1.165) is 12.8 Å². The van der Waals surface area contributed by atoms with Gasteiger partial charge in [-0.2, -0.15) is 0 Å². The molecule has 0 heterocycles. The third-order valence-corrected chi connectivity index (χ3v) is 2.60. The summed E-state index contributed by atoms with van der Waals surface area (Å²) in [6.07, 6.45) is 3.22. The van der Waals surface area contributed by atoms with E-state index < -0.39 is 0 Å². The molecule has 0 N–H and O–H groups in total. The molecule has 0 aromatic rings. The topological polar surface area (TPSA) is 26.3 Å². The van der Waals surface area contributed by atoms with Crippen LogP contribution >= 0.6 is 0 Å². The summed E-state index contributed by atoms with van der Waals surface area (Å²) in [5, 5.41) is 0. The maximum absolute atomic E-state index is 11.6. The van der Waals surface area contributed by atoms with Gasteiger partial charge < -0.3 is 4.74 Å². The molecule has 0 spiro atoms. The van der Waals surface area contributed by atoms with Gasteiger partial charge in [0.2, 0.25) is 0 Å². The van der Waals surface area contributed by atoms with Gasteiger partial charge in [-0.05, 0) is 39.5 Å². The van der Waals surface area contributed by atoms with E-state index >= 15 is 0 Å². The molecule has 2 heteroatoms. The van der Waals surface area contributed by atoms with Crippen LogP contribution in [0.25, 0.3) is 0 Å². The summed E-state index contributed by atoms with van der Waals surface area (Å²) >= 11 is 0. The molecule has 2 nitrogen and oxygen atoms in total. The number of rotatable bonds is 5. The van der Waals surface area contributed by atoms with Crippen LogP contribution in [0.5, 0.6) is 0 Å². The van der Waals surface area contributed by atoms with E-state index in [1.54, 1.807) is 0 Å². The fraction of sp³-hybridized carbons (Fsp3) is 0.923. The molecule has 0 aliphatic carbocycles. The molecule has 0 bridgehead atoms. The molecule has 0 saturated heterocycles.